The summed E-state index contributed by atoms with van der Waals surface area (Å²) in [6.07, 6.45) is 6.24. The molecule has 0 bridgehead atoms. The highest BCUT2D eigenvalue weighted by Crippen LogP contribution is 2.35. The van der Waals surface area contributed by atoms with Crippen LogP contribution in [0.4, 0.5) is 0 Å². The lowest BCUT2D eigenvalue weighted by molar-refractivity contribution is 0.0727. The number of carbonyl (C=O) groups excluding carboxylic acids is 1. The van der Waals surface area contributed by atoms with Gasteiger partial charge in [-0.2, -0.15) is 0 Å². The molecule has 23 heavy (non-hydrogen) atoms. The summed E-state index contributed by atoms with van der Waals surface area (Å²) in [5.41, 5.74) is 1.93. The number of nitrogens with zero attached hydrogens (tertiary/aromatic N) is 3. The number of aromatic nitrogens is 2. The van der Waals surface area contributed by atoms with E-state index in [0.717, 1.165) is 22.0 Å². The molecule has 122 valence electrons. The third-order valence-corrected chi connectivity index (χ3v) is 5.68. The van der Waals surface area contributed by atoms with E-state index in [-0.39, 0.29) is 5.91 Å². The van der Waals surface area contributed by atoms with Crippen molar-refractivity contribution in [1.29, 1.82) is 0 Å². The lowest BCUT2D eigenvalue weighted by Crippen LogP contribution is -2.36. The van der Waals surface area contributed by atoms with Gasteiger partial charge in [0.15, 0.2) is 5.16 Å². The minimum absolute atomic E-state index is 0.119. The zero-order chi connectivity index (χ0) is 16.4. The number of carbonyl (C=O) groups is 1. The van der Waals surface area contributed by atoms with E-state index in [4.69, 9.17) is 0 Å². The second kappa shape index (κ2) is 6.79. The maximum absolute atomic E-state index is 12.7. The van der Waals surface area contributed by atoms with Crippen LogP contribution in [0.3, 0.4) is 0 Å². The fraction of sp³-hybridized carbons (Fsp3) is 0.444. The van der Waals surface area contributed by atoms with E-state index in [0.29, 0.717) is 12.0 Å². The van der Waals surface area contributed by atoms with Crippen LogP contribution in [0.1, 0.15) is 35.7 Å². The van der Waals surface area contributed by atoms with Crippen LogP contribution in [0.2, 0.25) is 0 Å². The van der Waals surface area contributed by atoms with Gasteiger partial charge in [-0.3, -0.25) is 4.79 Å². The number of rotatable bonds is 6. The molecule has 0 saturated heterocycles. The summed E-state index contributed by atoms with van der Waals surface area (Å²) in [5.74, 6) is 1.62. The fourth-order valence-corrected chi connectivity index (χ4v) is 3.59. The van der Waals surface area contributed by atoms with E-state index in [2.05, 4.69) is 18.0 Å². The molecule has 0 N–H and O–H groups in total. The van der Waals surface area contributed by atoms with Gasteiger partial charge in [-0.25, -0.2) is 4.98 Å². The molecule has 2 aromatic rings. The van der Waals surface area contributed by atoms with Crippen LogP contribution in [0.15, 0.2) is 41.8 Å². The number of benzene rings is 1. The molecule has 1 saturated carbocycles. The molecule has 1 aromatic heterocycles. The first-order valence-electron chi connectivity index (χ1n) is 8.02. The Morgan fingerprint density at radius 1 is 1.48 bits per heavy atom. The van der Waals surface area contributed by atoms with Crippen molar-refractivity contribution in [3.8, 4) is 0 Å². The van der Waals surface area contributed by atoms with Crippen LogP contribution in [-0.4, -0.2) is 33.4 Å². The van der Waals surface area contributed by atoms with Crippen molar-refractivity contribution >= 4 is 17.7 Å². The molecule has 1 aliphatic rings. The third kappa shape index (κ3) is 3.78. The molecule has 4 nitrogen and oxygen atoms in total. The summed E-state index contributed by atoms with van der Waals surface area (Å²) >= 11 is 1.68. The molecular weight excluding hydrogens is 306 g/mol. The molecule has 0 spiro atoms. The molecular formula is C18H23N3OS. The van der Waals surface area contributed by atoms with E-state index in [1.165, 1.54) is 12.8 Å². The van der Waals surface area contributed by atoms with Gasteiger partial charge in [0, 0.05) is 43.8 Å². The Morgan fingerprint density at radius 2 is 2.26 bits per heavy atom. The van der Waals surface area contributed by atoms with E-state index in [1.807, 2.05) is 48.0 Å². The smallest absolute Gasteiger partial charge is 0.253 e. The van der Waals surface area contributed by atoms with Gasteiger partial charge in [0.25, 0.3) is 5.91 Å². The van der Waals surface area contributed by atoms with E-state index >= 15 is 0 Å². The zero-order valence-corrected chi connectivity index (χ0v) is 14.7. The summed E-state index contributed by atoms with van der Waals surface area (Å²) in [5, 5.41) is 0.987. The van der Waals surface area contributed by atoms with Gasteiger partial charge in [0.05, 0.1) is 0 Å². The number of amides is 1. The lowest BCUT2D eigenvalue weighted by Gasteiger charge is -2.25. The molecule has 0 aliphatic heterocycles. The summed E-state index contributed by atoms with van der Waals surface area (Å²) < 4.78 is 2.00. The van der Waals surface area contributed by atoms with Gasteiger partial charge in [-0.15, -0.1) is 0 Å². The molecule has 1 aliphatic carbocycles. The van der Waals surface area contributed by atoms with Crippen LogP contribution in [0, 0.1) is 5.92 Å². The minimum Gasteiger partial charge on any atom is -0.339 e. The summed E-state index contributed by atoms with van der Waals surface area (Å²) in [6.45, 7) is 2.15. The standard InChI is InChI=1S/C18H23N3OS/c1-13(15-7-8-15)21(3)17(22)16-6-4-5-14(11-16)12-23-18-19-9-10-20(18)2/h4-6,9-11,13,15H,7-8,12H2,1-3H3/t13-/m0/s1. The first kappa shape index (κ1) is 16.1. The highest BCUT2D eigenvalue weighted by atomic mass is 32.2. The fourth-order valence-electron chi connectivity index (χ4n) is 2.72. The first-order valence-corrected chi connectivity index (χ1v) is 9.01. The van der Waals surface area contributed by atoms with Gasteiger partial charge >= 0.3 is 0 Å². The molecule has 1 amide bonds. The van der Waals surface area contributed by atoms with Crippen molar-refractivity contribution in [3.63, 3.8) is 0 Å². The van der Waals surface area contributed by atoms with Crippen LogP contribution in [-0.2, 0) is 12.8 Å². The largest absolute Gasteiger partial charge is 0.339 e. The average Bonchev–Trinajstić information content (AvgIpc) is 3.34. The molecule has 1 aromatic carbocycles. The van der Waals surface area contributed by atoms with Gasteiger partial charge in [-0.1, -0.05) is 23.9 Å². The van der Waals surface area contributed by atoms with E-state index in [1.54, 1.807) is 18.0 Å². The maximum atomic E-state index is 12.7. The van der Waals surface area contributed by atoms with Crippen LogP contribution in [0.5, 0.6) is 0 Å². The number of thioether (sulfide) groups is 1. The SMILES string of the molecule is C[C@@H](C1CC1)N(C)C(=O)c1cccc(CSc2nccn2C)c1. The number of hydrogen-bond acceptors (Lipinski definition) is 3. The molecule has 1 fully saturated rings. The summed E-state index contributed by atoms with van der Waals surface area (Å²) in [6, 6.07) is 8.28. The van der Waals surface area contributed by atoms with Crippen molar-refractivity contribution in [2.45, 2.75) is 36.7 Å². The second-order valence-corrected chi connectivity index (χ2v) is 7.25. The lowest BCUT2D eigenvalue weighted by atomic mass is 10.1. The normalized spacial score (nSPS) is 15.4. The Morgan fingerprint density at radius 3 is 2.91 bits per heavy atom. The topological polar surface area (TPSA) is 38.1 Å². The van der Waals surface area contributed by atoms with Gasteiger partial charge in [-0.05, 0) is 43.4 Å². The Kier molecular flexibility index (Phi) is 4.76. The van der Waals surface area contributed by atoms with Gasteiger partial charge < -0.3 is 9.47 Å². The van der Waals surface area contributed by atoms with Crippen LogP contribution in [0.25, 0.3) is 0 Å². The molecule has 3 rings (SSSR count). The number of imidazole rings is 1. The average molecular weight is 329 g/mol. The van der Waals surface area contributed by atoms with Crippen LogP contribution < -0.4 is 0 Å². The van der Waals surface area contributed by atoms with Crippen molar-refractivity contribution in [3.05, 3.63) is 47.8 Å². The molecule has 0 radical (unpaired) electrons. The van der Waals surface area contributed by atoms with Gasteiger partial charge in [0.1, 0.15) is 0 Å². The Bertz CT molecular complexity index is 693. The zero-order valence-electron chi connectivity index (χ0n) is 13.9. The van der Waals surface area contributed by atoms with Crippen molar-refractivity contribution in [2.75, 3.05) is 7.05 Å². The molecule has 1 heterocycles. The van der Waals surface area contributed by atoms with Gasteiger partial charge in [0.2, 0.25) is 0 Å². The molecule has 0 unspecified atom stereocenters. The number of aryl methyl sites for hydroxylation is 1. The van der Waals surface area contributed by atoms with Crippen molar-refractivity contribution < 1.29 is 4.79 Å². The monoisotopic (exact) mass is 329 g/mol. The Balaban J connectivity index is 1.66. The maximum Gasteiger partial charge on any atom is 0.253 e. The molecule has 5 heteroatoms. The third-order valence-electron chi connectivity index (χ3n) is 4.55. The second-order valence-electron chi connectivity index (χ2n) is 6.30. The van der Waals surface area contributed by atoms with E-state index in [9.17, 15) is 4.79 Å². The highest BCUT2D eigenvalue weighted by Gasteiger charge is 2.32. The van der Waals surface area contributed by atoms with E-state index < -0.39 is 0 Å². The van der Waals surface area contributed by atoms with Crippen molar-refractivity contribution in [1.82, 2.24) is 14.5 Å². The van der Waals surface area contributed by atoms with Crippen molar-refractivity contribution in [2.24, 2.45) is 13.0 Å². The summed E-state index contributed by atoms with van der Waals surface area (Å²) in [4.78, 5) is 18.9. The predicted molar refractivity (Wildman–Crippen MR) is 93.5 cm³/mol. The Hall–Kier alpha value is -1.75. The number of hydrogen-bond donors (Lipinski definition) is 0. The quantitative estimate of drug-likeness (QED) is 0.760. The first-order chi connectivity index (χ1) is 11.1. The Labute approximate surface area is 141 Å². The molecule has 1 atom stereocenters. The van der Waals surface area contributed by atoms with Crippen LogP contribution >= 0.6 is 11.8 Å². The summed E-state index contributed by atoms with van der Waals surface area (Å²) in [7, 11) is 3.91. The minimum atomic E-state index is 0.119. The predicted octanol–water partition coefficient (Wildman–Crippen LogP) is 3.58. The highest BCUT2D eigenvalue weighted by molar-refractivity contribution is 7.98.